The molecule has 5 heteroatoms. The summed E-state index contributed by atoms with van der Waals surface area (Å²) < 4.78 is 7.51. The number of ether oxygens (including phenoxy) is 1. The van der Waals surface area contributed by atoms with Crippen LogP contribution in [-0.2, 0) is 4.74 Å². The van der Waals surface area contributed by atoms with Crippen LogP contribution >= 0.6 is 15.9 Å². The van der Waals surface area contributed by atoms with Crippen LogP contribution in [-0.4, -0.2) is 23.0 Å². The zero-order chi connectivity index (χ0) is 9.97. The highest BCUT2D eigenvalue weighted by atomic mass is 79.9. The van der Waals surface area contributed by atoms with E-state index in [1.165, 1.54) is 0 Å². The third-order valence-corrected chi connectivity index (χ3v) is 2.76. The molecule has 1 aromatic rings. The molecule has 0 aliphatic carbocycles. The fraction of sp³-hybridized carbons (Fsp3) is 0.556. The van der Waals surface area contributed by atoms with Gasteiger partial charge < -0.3 is 4.74 Å². The highest BCUT2D eigenvalue weighted by molar-refractivity contribution is 9.10. The average molecular weight is 259 g/mol. The fourth-order valence-corrected chi connectivity index (χ4v) is 1.89. The third kappa shape index (κ3) is 2.04. The minimum atomic E-state index is -0.0497. The monoisotopic (exact) mass is 258 g/mol. The topological polar surface area (TPSA) is 44.1 Å². The lowest BCUT2D eigenvalue weighted by atomic mass is 10.1. The van der Waals surface area contributed by atoms with Crippen LogP contribution < -0.4 is 5.56 Å². The molecule has 1 aromatic heterocycles. The van der Waals surface area contributed by atoms with Crippen molar-refractivity contribution in [2.45, 2.75) is 18.9 Å². The van der Waals surface area contributed by atoms with Gasteiger partial charge in [0, 0.05) is 23.8 Å². The maximum atomic E-state index is 11.6. The van der Waals surface area contributed by atoms with E-state index in [2.05, 4.69) is 21.0 Å². The van der Waals surface area contributed by atoms with Crippen LogP contribution in [0.15, 0.2) is 21.5 Å². The van der Waals surface area contributed by atoms with Crippen LogP contribution in [0.25, 0.3) is 0 Å². The molecule has 1 saturated heterocycles. The first kappa shape index (κ1) is 9.86. The average Bonchev–Trinajstić information content (AvgIpc) is 2.19. The molecule has 1 fully saturated rings. The van der Waals surface area contributed by atoms with E-state index in [4.69, 9.17) is 4.74 Å². The summed E-state index contributed by atoms with van der Waals surface area (Å²) in [5, 5.41) is 4.10. The Labute approximate surface area is 90.0 Å². The molecule has 0 saturated carbocycles. The first-order chi connectivity index (χ1) is 6.77. The van der Waals surface area contributed by atoms with Crippen LogP contribution in [0, 0.1) is 0 Å². The maximum Gasteiger partial charge on any atom is 0.268 e. The van der Waals surface area contributed by atoms with E-state index in [0.717, 1.165) is 30.5 Å². The van der Waals surface area contributed by atoms with E-state index in [-0.39, 0.29) is 11.6 Å². The predicted molar refractivity (Wildman–Crippen MR) is 55.3 cm³/mol. The Morgan fingerprint density at radius 1 is 1.50 bits per heavy atom. The molecule has 0 radical (unpaired) electrons. The van der Waals surface area contributed by atoms with Crippen LogP contribution in [0.5, 0.6) is 0 Å². The lowest BCUT2D eigenvalue weighted by Crippen LogP contribution is -2.30. The van der Waals surface area contributed by atoms with Crippen molar-refractivity contribution in [2.24, 2.45) is 0 Å². The van der Waals surface area contributed by atoms with E-state index >= 15 is 0 Å². The van der Waals surface area contributed by atoms with Crippen molar-refractivity contribution in [3.63, 3.8) is 0 Å². The molecule has 4 nitrogen and oxygen atoms in total. The van der Waals surface area contributed by atoms with Gasteiger partial charge in [0.15, 0.2) is 0 Å². The molecule has 2 rings (SSSR count). The number of rotatable bonds is 1. The second-order valence-corrected chi connectivity index (χ2v) is 4.22. The lowest BCUT2D eigenvalue weighted by molar-refractivity contribution is 0.0648. The summed E-state index contributed by atoms with van der Waals surface area (Å²) in [7, 11) is 0. The minimum Gasteiger partial charge on any atom is -0.381 e. The molecule has 76 valence electrons. The quantitative estimate of drug-likeness (QED) is 0.764. The molecule has 0 bridgehead atoms. The van der Waals surface area contributed by atoms with Crippen molar-refractivity contribution >= 4 is 15.9 Å². The molecule has 0 N–H and O–H groups in total. The highest BCUT2D eigenvalue weighted by Gasteiger charge is 2.17. The van der Waals surface area contributed by atoms with Crippen LogP contribution in [0.4, 0.5) is 0 Å². The predicted octanol–water partition coefficient (Wildman–Crippen LogP) is 1.36. The summed E-state index contributed by atoms with van der Waals surface area (Å²) in [5.41, 5.74) is -0.0497. The molecule has 0 amide bonds. The molecule has 2 heterocycles. The van der Waals surface area contributed by atoms with Gasteiger partial charge in [0.25, 0.3) is 5.56 Å². The van der Waals surface area contributed by atoms with Gasteiger partial charge in [-0.1, -0.05) is 0 Å². The Hall–Kier alpha value is -0.680. The van der Waals surface area contributed by atoms with E-state index < -0.39 is 0 Å². The Bertz CT molecular complexity index is 371. The van der Waals surface area contributed by atoms with E-state index in [9.17, 15) is 4.79 Å². The Morgan fingerprint density at radius 2 is 2.21 bits per heavy atom. The SMILES string of the molecule is O=c1cc(Br)cnn1C1CCOCC1. The van der Waals surface area contributed by atoms with Crippen LogP contribution in [0.1, 0.15) is 18.9 Å². The Morgan fingerprint density at radius 3 is 2.86 bits per heavy atom. The fourth-order valence-electron chi connectivity index (χ4n) is 1.60. The van der Waals surface area contributed by atoms with Crippen molar-refractivity contribution in [3.8, 4) is 0 Å². The summed E-state index contributed by atoms with van der Waals surface area (Å²) in [6.45, 7) is 1.43. The molecule has 1 aliphatic heterocycles. The Kier molecular flexibility index (Phi) is 2.98. The molecule has 0 aromatic carbocycles. The lowest BCUT2D eigenvalue weighted by Gasteiger charge is -2.22. The summed E-state index contributed by atoms with van der Waals surface area (Å²) in [6, 6.07) is 1.74. The number of hydrogen-bond donors (Lipinski definition) is 0. The number of hydrogen-bond acceptors (Lipinski definition) is 3. The first-order valence-corrected chi connectivity index (χ1v) is 5.39. The number of nitrogens with zero attached hydrogens (tertiary/aromatic N) is 2. The summed E-state index contributed by atoms with van der Waals surface area (Å²) in [5.74, 6) is 0. The highest BCUT2D eigenvalue weighted by Crippen LogP contribution is 2.17. The van der Waals surface area contributed by atoms with Gasteiger partial charge in [0.2, 0.25) is 0 Å². The van der Waals surface area contributed by atoms with E-state index in [1.54, 1.807) is 16.9 Å². The molecule has 0 unspecified atom stereocenters. The van der Waals surface area contributed by atoms with Gasteiger partial charge in [-0.05, 0) is 28.8 Å². The van der Waals surface area contributed by atoms with Gasteiger partial charge in [-0.2, -0.15) is 5.10 Å². The zero-order valence-corrected chi connectivity index (χ0v) is 9.24. The normalized spacial score (nSPS) is 18.4. The standard InChI is InChI=1S/C9H11BrN2O2/c10-7-5-9(13)12(11-6-7)8-1-3-14-4-2-8/h5-6,8H,1-4H2. The van der Waals surface area contributed by atoms with Crippen LogP contribution in [0.2, 0.25) is 0 Å². The largest absolute Gasteiger partial charge is 0.381 e. The van der Waals surface area contributed by atoms with Gasteiger partial charge in [-0.15, -0.1) is 0 Å². The summed E-state index contributed by atoms with van der Waals surface area (Å²) in [6.07, 6.45) is 3.39. The molecule has 0 spiro atoms. The van der Waals surface area contributed by atoms with Crippen molar-refractivity contribution in [1.82, 2.24) is 9.78 Å². The van der Waals surface area contributed by atoms with E-state index in [1.807, 2.05) is 0 Å². The van der Waals surface area contributed by atoms with Crippen molar-refractivity contribution in [2.75, 3.05) is 13.2 Å². The van der Waals surface area contributed by atoms with Gasteiger partial charge in [-0.25, -0.2) is 4.68 Å². The number of halogens is 1. The summed E-state index contributed by atoms with van der Waals surface area (Å²) in [4.78, 5) is 11.6. The molecule has 0 atom stereocenters. The zero-order valence-electron chi connectivity index (χ0n) is 7.65. The first-order valence-electron chi connectivity index (χ1n) is 4.59. The van der Waals surface area contributed by atoms with E-state index in [0.29, 0.717) is 0 Å². The molecule has 1 aliphatic rings. The minimum absolute atomic E-state index is 0.0497. The smallest absolute Gasteiger partial charge is 0.268 e. The van der Waals surface area contributed by atoms with Gasteiger partial charge in [-0.3, -0.25) is 4.79 Å². The Balaban J connectivity index is 2.26. The van der Waals surface area contributed by atoms with Crippen molar-refractivity contribution in [3.05, 3.63) is 27.1 Å². The number of aromatic nitrogens is 2. The van der Waals surface area contributed by atoms with Crippen molar-refractivity contribution < 1.29 is 4.74 Å². The maximum absolute atomic E-state index is 11.6. The molecule has 14 heavy (non-hydrogen) atoms. The van der Waals surface area contributed by atoms with Gasteiger partial charge in [0.05, 0.1) is 12.2 Å². The van der Waals surface area contributed by atoms with Gasteiger partial charge in [0.1, 0.15) is 0 Å². The molecular weight excluding hydrogens is 248 g/mol. The molecular formula is C9H11BrN2O2. The second kappa shape index (κ2) is 4.23. The second-order valence-electron chi connectivity index (χ2n) is 3.30. The van der Waals surface area contributed by atoms with Crippen molar-refractivity contribution in [1.29, 1.82) is 0 Å². The van der Waals surface area contributed by atoms with Crippen LogP contribution in [0.3, 0.4) is 0 Å². The van der Waals surface area contributed by atoms with Gasteiger partial charge >= 0.3 is 0 Å². The third-order valence-electron chi connectivity index (χ3n) is 2.33. The summed E-state index contributed by atoms with van der Waals surface area (Å²) >= 11 is 3.22.